The second-order valence-corrected chi connectivity index (χ2v) is 5.36. The molecule has 0 fully saturated rings. The van der Waals surface area contributed by atoms with Crippen molar-refractivity contribution in [1.29, 1.82) is 0 Å². The molecule has 1 N–H and O–H groups in total. The fraction of sp³-hybridized carbons (Fsp3) is 0.583. The van der Waals surface area contributed by atoms with Gasteiger partial charge < -0.3 is 10.1 Å². The first-order valence-corrected chi connectivity index (χ1v) is 6.96. The van der Waals surface area contributed by atoms with Crippen molar-refractivity contribution in [2.45, 2.75) is 27.2 Å². The first kappa shape index (κ1) is 15.1. The van der Waals surface area contributed by atoms with Crippen molar-refractivity contribution >= 4 is 34.4 Å². The summed E-state index contributed by atoms with van der Waals surface area (Å²) in [5.41, 5.74) is 0.886. The molecule has 1 rings (SSSR count). The molecule has 0 radical (unpaired) electrons. The van der Waals surface area contributed by atoms with E-state index in [2.05, 4.69) is 56.5 Å². The molecule has 1 aromatic rings. The van der Waals surface area contributed by atoms with Gasteiger partial charge in [-0.2, -0.15) is 0 Å². The molecule has 0 amide bonds. The van der Waals surface area contributed by atoms with Crippen LogP contribution in [0.15, 0.2) is 0 Å². The van der Waals surface area contributed by atoms with Crippen molar-refractivity contribution in [3.63, 3.8) is 0 Å². The highest BCUT2D eigenvalue weighted by Crippen LogP contribution is 2.21. The summed E-state index contributed by atoms with van der Waals surface area (Å²) < 4.78 is 5.64. The van der Waals surface area contributed by atoms with Gasteiger partial charge >= 0.3 is 5.97 Å². The van der Waals surface area contributed by atoms with Crippen LogP contribution in [0.4, 0.5) is 5.82 Å². The Morgan fingerprint density at radius 1 is 1.44 bits per heavy atom. The van der Waals surface area contributed by atoms with Crippen LogP contribution in [-0.4, -0.2) is 29.6 Å². The normalized spacial score (nSPS) is 10.6. The minimum Gasteiger partial charge on any atom is -0.463 e. The first-order valence-electron chi connectivity index (χ1n) is 5.88. The van der Waals surface area contributed by atoms with Gasteiger partial charge in [0.1, 0.15) is 5.82 Å². The number of nitrogens with one attached hydrogen (secondary N) is 1. The number of esters is 1. The summed E-state index contributed by atoms with van der Waals surface area (Å²) in [5, 5.41) is 3.14. The number of halogens is 1. The summed E-state index contributed by atoms with van der Waals surface area (Å²) in [6, 6.07) is 0. The van der Waals surface area contributed by atoms with Crippen LogP contribution in [0.1, 0.15) is 37.1 Å². The molecule has 0 aliphatic rings. The molecule has 0 aromatic carbocycles. The van der Waals surface area contributed by atoms with Gasteiger partial charge in [0.2, 0.25) is 5.82 Å². The zero-order valence-electron chi connectivity index (χ0n) is 11.1. The number of hydrogen-bond acceptors (Lipinski definition) is 5. The van der Waals surface area contributed by atoms with Crippen molar-refractivity contribution in [2.75, 3.05) is 19.0 Å². The molecular weight excluding hydrogens is 345 g/mol. The largest absolute Gasteiger partial charge is 0.463 e. The topological polar surface area (TPSA) is 64.1 Å². The van der Waals surface area contributed by atoms with Gasteiger partial charge in [-0.15, -0.1) is 0 Å². The second-order valence-electron chi connectivity index (χ2n) is 4.28. The number of carbonyl (C=O) groups excluding carboxylic acids is 1. The van der Waals surface area contributed by atoms with Crippen LogP contribution < -0.4 is 5.32 Å². The number of nitrogens with zero attached hydrogens (tertiary/aromatic N) is 2. The number of anilines is 1. The highest BCUT2D eigenvalue weighted by molar-refractivity contribution is 14.1. The third-order valence-corrected chi connectivity index (χ3v) is 3.37. The Morgan fingerprint density at radius 3 is 2.61 bits per heavy atom. The third kappa shape index (κ3) is 3.79. The van der Waals surface area contributed by atoms with Crippen LogP contribution in [0.3, 0.4) is 0 Å². The van der Waals surface area contributed by atoms with Gasteiger partial charge in [0.05, 0.1) is 16.4 Å². The number of hydrogen-bond donors (Lipinski definition) is 1. The summed E-state index contributed by atoms with van der Waals surface area (Å²) >= 11 is 2.21. The number of aromatic nitrogens is 2. The maximum Gasteiger partial charge on any atom is 0.376 e. The fourth-order valence-electron chi connectivity index (χ4n) is 1.48. The molecule has 0 spiro atoms. The molecule has 1 aromatic heterocycles. The van der Waals surface area contributed by atoms with E-state index < -0.39 is 5.97 Å². The Bertz CT molecular complexity index is 436. The average Bonchev–Trinajstić information content (AvgIpc) is 2.32. The van der Waals surface area contributed by atoms with Crippen molar-refractivity contribution in [2.24, 2.45) is 5.92 Å². The minimum atomic E-state index is -0.504. The van der Waals surface area contributed by atoms with E-state index >= 15 is 0 Å². The van der Waals surface area contributed by atoms with Crippen LogP contribution in [0.25, 0.3) is 0 Å². The van der Waals surface area contributed by atoms with Crippen LogP contribution in [-0.2, 0) is 11.2 Å². The van der Waals surface area contributed by atoms with E-state index in [-0.39, 0.29) is 5.82 Å². The van der Waals surface area contributed by atoms with Crippen LogP contribution >= 0.6 is 22.6 Å². The highest BCUT2D eigenvalue weighted by atomic mass is 127. The van der Waals surface area contributed by atoms with Gasteiger partial charge in [-0.05, 0) is 41.9 Å². The van der Waals surface area contributed by atoms with Gasteiger partial charge in [0.25, 0.3) is 0 Å². The van der Waals surface area contributed by atoms with Gasteiger partial charge in [0, 0.05) is 6.54 Å². The summed E-state index contributed by atoms with van der Waals surface area (Å²) in [7, 11) is 1.33. The first-order chi connectivity index (χ1) is 8.49. The lowest BCUT2D eigenvalue weighted by Gasteiger charge is -2.12. The van der Waals surface area contributed by atoms with Crippen molar-refractivity contribution in [3.8, 4) is 0 Å². The quantitative estimate of drug-likeness (QED) is 0.643. The lowest BCUT2D eigenvalue weighted by molar-refractivity contribution is 0.0586. The molecule has 6 heteroatoms. The Balaban J connectivity index is 3.22. The third-order valence-electron chi connectivity index (χ3n) is 2.23. The van der Waals surface area contributed by atoms with Gasteiger partial charge in [0.15, 0.2) is 0 Å². The Labute approximate surface area is 121 Å². The highest BCUT2D eigenvalue weighted by Gasteiger charge is 2.17. The molecule has 0 saturated carbocycles. The molecule has 0 aliphatic carbocycles. The monoisotopic (exact) mass is 363 g/mol. The van der Waals surface area contributed by atoms with Crippen LogP contribution in [0.5, 0.6) is 0 Å². The summed E-state index contributed by atoms with van der Waals surface area (Å²) in [4.78, 5) is 20.0. The fourth-order valence-corrected chi connectivity index (χ4v) is 2.13. The molecule has 0 saturated heterocycles. The number of ether oxygens (including phenoxy) is 1. The second kappa shape index (κ2) is 6.86. The van der Waals surface area contributed by atoms with Crippen molar-refractivity contribution in [1.82, 2.24) is 9.97 Å². The SMILES string of the molecule is CCNc1nc(C(=O)OC)nc(CC(C)C)c1I. The standard InChI is InChI=1S/C12H18IN3O2/c1-5-14-10-9(13)8(6-7(2)3)15-11(16-10)12(17)18-4/h7H,5-6H2,1-4H3,(H,14,15,16). The molecule has 100 valence electrons. The minimum absolute atomic E-state index is 0.115. The Kier molecular flexibility index (Phi) is 5.77. The van der Waals surface area contributed by atoms with E-state index in [4.69, 9.17) is 0 Å². The Hall–Kier alpha value is -0.920. The lowest BCUT2D eigenvalue weighted by Crippen LogP contribution is -2.15. The van der Waals surface area contributed by atoms with Gasteiger partial charge in [-0.1, -0.05) is 13.8 Å². The Morgan fingerprint density at radius 2 is 2.11 bits per heavy atom. The predicted molar refractivity (Wildman–Crippen MR) is 78.8 cm³/mol. The number of methoxy groups -OCH3 is 1. The molecule has 0 bridgehead atoms. The maximum atomic E-state index is 11.5. The lowest BCUT2D eigenvalue weighted by atomic mass is 10.1. The van der Waals surface area contributed by atoms with E-state index in [1.165, 1.54) is 7.11 Å². The molecule has 5 nitrogen and oxygen atoms in total. The van der Waals surface area contributed by atoms with Crippen molar-refractivity contribution in [3.05, 3.63) is 15.1 Å². The average molecular weight is 363 g/mol. The van der Waals surface area contributed by atoms with Gasteiger partial charge in [-0.25, -0.2) is 14.8 Å². The maximum absolute atomic E-state index is 11.5. The number of rotatable bonds is 5. The van der Waals surface area contributed by atoms with Crippen molar-refractivity contribution < 1.29 is 9.53 Å². The van der Waals surface area contributed by atoms with E-state index in [0.717, 1.165) is 22.2 Å². The van der Waals surface area contributed by atoms with Crippen LogP contribution in [0.2, 0.25) is 0 Å². The van der Waals surface area contributed by atoms with Crippen LogP contribution in [0, 0.1) is 9.49 Å². The van der Waals surface area contributed by atoms with E-state index in [1.54, 1.807) is 0 Å². The summed E-state index contributed by atoms with van der Waals surface area (Å²) in [5.74, 6) is 0.776. The van der Waals surface area contributed by atoms with E-state index in [9.17, 15) is 4.79 Å². The molecule has 1 heterocycles. The number of carbonyl (C=O) groups is 1. The molecule has 0 unspecified atom stereocenters. The molecule has 18 heavy (non-hydrogen) atoms. The zero-order valence-corrected chi connectivity index (χ0v) is 13.2. The summed E-state index contributed by atoms with van der Waals surface area (Å²) in [6.45, 7) is 6.96. The zero-order chi connectivity index (χ0) is 13.7. The smallest absolute Gasteiger partial charge is 0.376 e. The predicted octanol–water partition coefficient (Wildman–Crippen LogP) is 2.50. The molecule has 0 atom stereocenters. The van der Waals surface area contributed by atoms with E-state index in [1.807, 2.05) is 6.92 Å². The van der Waals surface area contributed by atoms with E-state index in [0.29, 0.717) is 11.7 Å². The molecule has 0 aliphatic heterocycles. The molecular formula is C12H18IN3O2. The van der Waals surface area contributed by atoms with Gasteiger partial charge in [-0.3, -0.25) is 0 Å². The summed E-state index contributed by atoms with van der Waals surface area (Å²) in [6.07, 6.45) is 0.809.